The van der Waals surface area contributed by atoms with E-state index in [1.165, 1.54) is 12.1 Å². The first kappa shape index (κ1) is 31.2. The van der Waals surface area contributed by atoms with E-state index in [-0.39, 0.29) is 11.5 Å². The van der Waals surface area contributed by atoms with E-state index in [1.807, 2.05) is 77.8 Å². The Labute approximate surface area is 295 Å². The highest BCUT2D eigenvalue weighted by molar-refractivity contribution is 6.30. The Balaban J connectivity index is 1.41. The molecule has 2 aliphatic heterocycles. The van der Waals surface area contributed by atoms with Crippen molar-refractivity contribution >= 4 is 28.3 Å². The molecule has 0 N–H and O–H groups in total. The molecule has 2 bridgehead atoms. The number of nitro benzene ring substituents is 1. The van der Waals surface area contributed by atoms with Crippen LogP contribution in [0, 0.1) is 10.1 Å². The summed E-state index contributed by atoms with van der Waals surface area (Å²) in [4.78, 5) is 30.0. The van der Waals surface area contributed by atoms with E-state index in [1.54, 1.807) is 12.1 Å². The average Bonchev–Trinajstić information content (AvgIpc) is 3.76. The fourth-order valence-corrected chi connectivity index (χ4v) is 9.37. The number of carbonyl (C=O) groups excluding carboxylic acids is 1. The molecule has 9 rings (SSSR count). The minimum atomic E-state index is -1.28. The number of nitro groups is 1. The molecule has 9 heteroatoms. The summed E-state index contributed by atoms with van der Waals surface area (Å²) in [6.45, 7) is 2.25. The number of allylic oxidation sites excluding steroid dienone is 1. The molecule has 1 spiro atoms. The van der Waals surface area contributed by atoms with Crippen LogP contribution < -0.4 is 5.01 Å². The van der Waals surface area contributed by atoms with Gasteiger partial charge < -0.3 is 4.74 Å². The predicted molar refractivity (Wildman–Crippen MR) is 195 cm³/mol. The van der Waals surface area contributed by atoms with Crippen molar-refractivity contribution in [1.82, 2.24) is 4.90 Å². The predicted octanol–water partition coefficient (Wildman–Crippen LogP) is 7.65. The molecule has 2 fully saturated rings. The van der Waals surface area contributed by atoms with Crippen LogP contribution in [0.2, 0.25) is 0 Å². The van der Waals surface area contributed by atoms with Gasteiger partial charge in [-0.15, -0.1) is 0 Å². The van der Waals surface area contributed by atoms with Gasteiger partial charge in [-0.25, -0.2) is 5.01 Å². The number of non-ortho nitro benzene ring substituents is 1. The lowest BCUT2D eigenvalue weighted by atomic mass is 9.57. The second-order valence-corrected chi connectivity index (χ2v) is 13.6. The van der Waals surface area contributed by atoms with Gasteiger partial charge in [-0.1, -0.05) is 127 Å². The first-order chi connectivity index (χ1) is 25.0. The third-order valence-corrected chi connectivity index (χ3v) is 11.3. The van der Waals surface area contributed by atoms with Crippen molar-refractivity contribution in [1.29, 1.82) is 0 Å². The lowest BCUT2D eigenvalue weighted by Gasteiger charge is -2.51. The zero-order valence-electron chi connectivity index (χ0n) is 27.8. The van der Waals surface area contributed by atoms with Crippen molar-refractivity contribution in [3.8, 4) is 0 Å². The highest BCUT2D eigenvalue weighted by atomic mass is 16.6. The fraction of sp³-hybridized carbons (Fsp3) is 0.214. The summed E-state index contributed by atoms with van der Waals surface area (Å²) in [6, 6.07) is 47.3. The van der Waals surface area contributed by atoms with Crippen molar-refractivity contribution < 1.29 is 14.5 Å². The van der Waals surface area contributed by atoms with Gasteiger partial charge >= 0.3 is 0 Å². The Hall–Kier alpha value is -5.77. The fourth-order valence-electron chi connectivity index (χ4n) is 9.37. The standard InChI is InChI=1S/C42H35N5O4/c48-38-40(32-17-9-3-10-18-32)29-41(39(45-25-27-51-28-26-45)46(44-43-41)34-21-23-35(24-22-34)47(49)50)42(38,33-19-11-4-12-20-33)37(31-15-7-2-8-16-31)36(40)30-13-5-1-6-14-30/h1-24,39H,25-29H2/t39-,40+,41-,42+/m0/s1. The van der Waals surface area contributed by atoms with Crippen LogP contribution in [0.15, 0.2) is 156 Å². The average molecular weight is 674 g/mol. The summed E-state index contributed by atoms with van der Waals surface area (Å²) in [6.07, 6.45) is -0.151. The number of hydrogen-bond donors (Lipinski definition) is 0. The van der Waals surface area contributed by atoms with Gasteiger partial charge in [-0.3, -0.25) is 19.8 Å². The van der Waals surface area contributed by atoms with Crippen LogP contribution in [-0.4, -0.2) is 53.6 Å². The van der Waals surface area contributed by atoms with Crippen LogP contribution in [0.25, 0.3) is 11.1 Å². The summed E-state index contributed by atoms with van der Waals surface area (Å²) < 4.78 is 5.87. The highest BCUT2D eigenvalue weighted by Crippen LogP contribution is 2.74. The van der Waals surface area contributed by atoms with Gasteiger partial charge in [0.25, 0.3) is 5.69 Å². The first-order valence-corrected chi connectivity index (χ1v) is 17.3. The molecule has 4 atom stereocenters. The van der Waals surface area contributed by atoms with Gasteiger partial charge in [-0.05, 0) is 45.5 Å². The molecule has 1 saturated carbocycles. The van der Waals surface area contributed by atoms with Crippen LogP contribution in [0.1, 0.15) is 28.7 Å². The number of ether oxygens (including phenoxy) is 1. The molecule has 252 valence electrons. The van der Waals surface area contributed by atoms with Gasteiger partial charge in [0.15, 0.2) is 5.78 Å². The minimum absolute atomic E-state index is 0.00629. The number of morpholine rings is 1. The van der Waals surface area contributed by atoms with E-state index in [0.717, 1.165) is 33.4 Å². The van der Waals surface area contributed by atoms with Crippen molar-refractivity contribution in [2.75, 3.05) is 31.3 Å². The third-order valence-electron chi connectivity index (χ3n) is 11.3. The smallest absolute Gasteiger partial charge is 0.269 e. The first-order valence-electron chi connectivity index (χ1n) is 17.3. The Morgan fingerprint density at radius 3 is 1.78 bits per heavy atom. The number of carbonyl (C=O) groups is 1. The van der Waals surface area contributed by atoms with Gasteiger partial charge in [0, 0.05) is 31.6 Å². The SMILES string of the molecule is O=C1[C@@]2(c3ccccc3)C[C@@]3(N=NN(c4ccc([N+](=O)[O-])cc4)[C@@H]3N3CCOCC3)[C@]1(c1ccccc1)C(c1ccccc1)=C2c1ccccc1. The molecular weight excluding hydrogens is 638 g/mol. The number of nitrogens with zero attached hydrogens (tertiary/aromatic N) is 5. The van der Waals surface area contributed by atoms with Crippen LogP contribution in [0.5, 0.6) is 0 Å². The lowest BCUT2D eigenvalue weighted by molar-refractivity contribution is -0.384. The van der Waals surface area contributed by atoms with E-state index in [2.05, 4.69) is 53.4 Å². The normalized spacial score (nSPS) is 27.1. The summed E-state index contributed by atoms with van der Waals surface area (Å²) in [5.74, 6) is 0.0767. The van der Waals surface area contributed by atoms with E-state index in [9.17, 15) is 10.1 Å². The summed E-state index contributed by atoms with van der Waals surface area (Å²) >= 11 is 0. The van der Waals surface area contributed by atoms with E-state index < -0.39 is 27.5 Å². The maximum absolute atomic E-state index is 16.5. The van der Waals surface area contributed by atoms with Crippen molar-refractivity contribution in [2.45, 2.75) is 29.0 Å². The zero-order valence-corrected chi connectivity index (χ0v) is 27.8. The highest BCUT2D eigenvalue weighted by Gasteiger charge is 2.82. The Morgan fingerprint density at radius 1 is 0.686 bits per heavy atom. The molecule has 51 heavy (non-hydrogen) atoms. The summed E-state index contributed by atoms with van der Waals surface area (Å²) in [7, 11) is 0. The maximum Gasteiger partial charge on any atom is 0.269 e. The van der Waals surface area contributed by atoms with Crippen LogP contribution in [0.3, 0.4) is 0 Å². The topological polar surface area (TPSA) is 101 Å². The lowest BCUT2D eigenvalue weighted by Crippen LogP contribution is -2.66. The second kappa shape index (κ2) is 11.9. The van der Waals surface area contributed by atoms with Crippen molar-refractivity contribution in [2.24, 2.45) is 10.3 Å². The third kappa shape index (κ3) is 4.31. The second-order valence-electron chi connectivity index (χ2n) is 13.6. The monoisotopic (exact) mass is 673 g/mol. The van der Waals surface area contributed by atoms with E-state index >= 15 is 4.79 Å². The molecule has 0 radical (unpaired) electrons. The van der Waals surface area contributed by atoms with Crippen LogP contribution in [-0.2, 0) is 20.4 Å². The zero-order chi connectivity index (χ0) is 34.6. The van der Waals surface area contributed by atoms with Gasteiger partial charge in [-0.2, -0.15) is 5.11 Å². The molecule has 5 aromatic carbocycles. The molecule has 5 aromatic rings. The Bertz CT molecular complexity index is 2170. The molecule has 0 aromatic heterocycles. The van der Waals surface area contributed by atoms with E-state index in [4.69, 9.17) is 15.1 Å². The Kier molecular flexibility index (Phi) is 7.31. The summed E-state index contributed by atoms with van der Waals surface area (Å²) in [5.41, 5.74) is 2.82. The van der Waals surface area contributed by atoms with Crippen molar-refractivity contribution in [3.63, 3.8) is 0 Å². The molecule has 0 amide bonds. The number of benzene rings is 5. The van der Waals surface area contributed by atoms with Crippen LogP contribution >= 0.6 is 0 Å². The molecule has 4 aliphatic rings. The van der Waals surface area contributed by atoms with Gasteiger partial charge in [0.05, 0.1) is 29.2 Å². The van der Waals surface area contributed by atoms with Gasteiger partial charge in [0.2, 0.25) is 0 Å². The number of Topliss-reactive ketones (excluding diaryl/α,β-unsaturated/α-hetero) is 1. The number of hydrogen-bond acceptors (Lipinski definition) is 8. The van der Waals surface area contributed by atoms with Crippen molar-refractivity contribution in [3.05, 3.63) is 178 Å². The molecule has 9 nitrogen and oxygen atoms in total. The number of fused-ring (bicyclic) bond motifs is 3. The van der Waals surface area contributed by atoms with Gasteiger partial charge in [0.1, 0.15) is 17.1 Å². The number of anilines is 1. The molecular formula is C42H35N5O4. The molecule has 2 aliphatic carbocycles. The summed E-state index contributed by atoms with van der Waals surface area (Å²) in [5, 5.41) is 23.9. The quantitative estimate of drug-likeness (QED) is 0.130. The Morgan fingerprint density at radius 2 is 1.22 bits per heavy atom. The van der Waals surface area contributed by atoms with Crippen LogP contribution in [0.4, 0.5) is 11.4 Å². The minimum Gasteiger partial charge on any atom is -0.379 e. The molecule has 2 heterocycles. The molecule has 1 saturated heterocycles. The maximum atomic E-state index is 16.5. The number of ketones is 1. The van der Waals surface area contributed by atoms with E-state index in [0.29, 0.717) is 38.4 Å². The number of rotatable bonds is 7. The largest absolute Gasteiger partial charge is 0.379 e. The molecule has 0 unspecified atom stereocenters.